The monoisotopic (exact) mass is 267 g/mol. The first kappa shape index (κ1) is 19.9. The summed E-state index contributed by atoms with van der Waals surface area (Å²) >= 11 is 0. The second kappa shape index (κ2) is 13.4. The van der Waals surface area contributed by atoms with Crippen LogP contribution in [0, 0.1) is 12.8 Å². The van der Waals surface area contributed by atoms with Crippen molar-refractivity contribution in [3.05, 3.63) is 18.9 Å². The summed E-state index contributed by atoms with van der Waals surface area (Å²) in [7, 11) is 2.64. The second-order valence-electron chi connectivity index (χ2n) is 2.25. The van der Waals surface area contributed by atoms with Crippen LogP contribution in [0.2, 0.25) is 0 Å². The molecule has 0 amide bonds. The molecule has 0 aromatic rings. The zero-order valence-corrected chi connectivity index (χ0v) is 12.9. The molecule has 0 aliphatic rings. The van der Waals surface area contributed by atoms with E-state index >= 15 is 0 Å². The third-order valence-corrected chi connectivity index (χ3v) is 1.50. The molecule has 0 aliphatic heterocycles. The Hall–Kier alpha value is -0.567. The van der Waals surface area contributed by atoms with Gasteiger partial charge >= 0.3 is 5.97 Å². The Kier molecular flexibility index (Phi) is 17.8. The molecule has 0 saturated carbocycles. The van der Waals surface area contributed by atoms with Crippen LogP contribution in [0.25, 0.3) is 0 Å². The molecule has 0 radical (unpaired) electrons. The average Bonchev–Trinajstić information content (AvgIpc) is 2.27. The maximum Gasteiger partial charge on any atom is 0.312 e. The van der Waals surface area contributed by atoms with Gasteiger partial charge in [-0.15, -0.1) is 0 Å². The molecule has 0 fully saturated rings. The van der Waals surface area contributed by atoms with Crippen molar-refractivity contribution in [3.63, 3.8) is 0 Å². The summed E-state index contributed by atoms with van der Waals surface area (Å²) < 4.78 is 8.98. The first-order valence-electron chi connectivity index (χ1n) is 4.39. The van der Waals surface area contributed by atoms with Crippen LogP contribution in [-0.2, 0) is 33.7 Å². The molecule has 0 aliphatic carbocycles. The predicted molar refractivity (Wildman–Crippen MR) is 54.5 cm³/mol. The average molecular weight is 269 g/mol. The zero-order chi connectivity index (χ0) is 11.6. The van der Waals surface area contributed by atoms with Gasteiger partial charge in [-0.1, -0.05) is 6.92 Å². The molecular formula is C10H19O4Zn-. The second-order valence-corrected chi connectivity index (χ2v) is 2.25. The van der Waals surface area contributed by atoms with Crippen LogP contribution in [0.5, 0.6) is 0 Å². The van der Waals surface area contributed by atoms with Gasteiger partial charge in [0.05, 0.1) is 20.1 Å². The minimum atomic E-state index is -0.435. The predicted octanol–water partition coefficient (Wildman–Crippen LogP) is 2.07. The van der Waals surface area contributed by atoms with Gasteiger partial charge in [-0.2, -0.15) is 6.92 Å². The SMILES string of the molecule is CC[C@H](/C=C(/O)OC)C(=O)OC.[CH2-]C.[Zn]. The van der Waals surface area contributed by atoms with Gasteiger partial charge in [-0.25, -0.2) is 0 Å². The Morgan fingerprint density at radius 3 is 2.13 bits per heavy atom. The van der Waals surface area contributed by atoms with E-state index in [2.05, 4.69) is 16.4 Å². The number of esters is 1. The van der Waals surface area contributed by atoms with E-state index < -0.39 is 5.92 Å². The van der Waals surface area contributed by atoms with E-state index in [4.69, 9.17) is 5.11 Å². The molecule has 0 saturated heterocycles. The fraction of sp³-hybridized carbons (Fsp3) is 0.600. The number of carbonyl (C=O) groups excluding carboxylic acids is 1. The smallest absolute Gasteiger partial charge is 0.312 e. The van der Waals surface area contributed by atoms with Crippen LogP contribution in [-0.4, -0.2) is 25.3 Å². The molecule has 86 valence electrons. The van der Waals surface area contributed by atoms with Crippen LogP contribution in [0.4, 0.5) is 0 Å². The zero-order valence-electron chi connectivity index (χ0n) is 9.95. The van der Waals surface area contributed by atoms with Gasteiger partial charge in [0.2, 0.25) is 0 Å². The molecule has 15 heavy (non-hydrogen) atoms. The summed E-state index contributed by atoms with van der Waals surface area (Å²) in [5.74, 6) is -1.07. The van der Waals surface area contributed by atoms with Crippen molar-refractivity contribution in [1.82, 2.24) is 0 Å². The van der Waals surface area contributed by atoms with Gasteiger partial charge in [0.15, 0.2) is 0 Å². The molecule has 4 nitrogen and oxygen atoms in total. The van der Waals surface area contributed by atoms with E-state index in [-0.39, 0.29) is 31.4 Å². The fourth-order valence-electron chi connectivity index (χ4n) is 0.744. The quantitative estimate of drug-likeness (QED) is 0.367. The van der Waals surface area contributed by atoms with Crippen molar-refractivity contribution in [2.45, 2.75) is 20.3 Å². The van der Waals surface area contributed by atoms with Gasteiger partial charge < -0.3 is 21.5 Å². The molecule has 0 heterocycles. The molecule has 0 bridgehead atoms. The molecule has 5 heteroatoms. The molecule has 1 N–H and O–H groups in total. The fourth-order valence-corrected chi connectivity index (χ4v) is 0.744. The summed E-state index contributed by atoms with van der Waals surface area (Å²) in [6, 6.07) is 0. The van der Waals surface area contributed by atoms with Crippen molar-refractivity contribution in [1.29, 1.82) is 0 Å². The Balaban J connectivity index is -0.000000449. The Morgan fingerprint density at radius 1 is 1.40 bits per heavy atom. The summed E-state index contributed by atoms with van der Waals surface area (Å²) in [4.78, 5) is 11.0. The van der Waals surface area contributed by atoms with Crippen molar-refractivity contribution in [2.75, 3.05) is 14.2 Å². The molecule has 0 rings (SSSR count). The maximum absolute atomic E-state index is 11.0. The number of carbonyl (C=O) groups is 1. The van der Waals surface area contributed by atoms with Gasteiger partial charge in [-0.3, -0.25) is 4.79 Å². The van der Waals surface area contributed by atoms with E-state index in [1.807, 2.05) is 6.92 Å². The van der Waals surface area contributed by atoms with Crippen LogP contribution in [0.1, 0.15) is 20.3 Å². The minimum Gasteiger partial charge on any atom is -0.481 e. The minimum absolute atomic E-state index is 0. The third-order valence-electron chi connectivity index (χ3n) is 1.50. The number of rotatable bonds is 4. The van der Waals surface area contributed by atoms with Crippen molar-refractivity contribution in [2.24, 2.45) is 5.92 Å². The van der Waals surface area contributed by atoms with Gasteiger partial charge in [-0.05, 0) is 6.42 Å². The molecule has 0 aromatic carbocycles. The number of hydrogen-bond donors (Lipinski definition) is 1. The first-order chi connectivity index (χ1) is 6.65. The molecule has 0 spiro atoms. The number of aliphatic hydroxyl groups is 1. The first-order valence-corrected chi connectivity index (χ1v) is 4.39. The molecule has 0 aromatic heterocycles. The Morgan fingerprint density at radius 2 is 1.87 bits per heavy atom. The summed E-state index contributed by atoms with van der Waals surface area (Å²) in [5, 5.41) is 8.93. The van der Waals surface area contributed by atoms with E-state index in [1.165, 1.54) is 20.3 Å². The van der Waals surface area contributed by atoms with Crippen molar-refractivity contribution in [3.8, 4) is 0 Å². The van der Waals surface area contributed by atoms with Crippen LogP contribution >= 0.6 is 0 Å². The maximum atomic E-state index is 11.0. The van der Waals surface area contributed by atoms with Gasteiger partial charge in [0, 0.05) is 25.6 Å². The van der Waals surface area contributed by atoms with Crippen molar-refractivity contribution < 1.29 is 38.9 Å². The van der Waals surface area contributed by atoms with Gasteiger partial charge in [0.25, 0.3) is 5.95 Å². The molecular weight excluding hydrogens is 249 g/mol. The molecule has 1 atom stereocenters. The van der Waals surface area contributed by atoms with E-state index in [9.17, 15) is 4.79 Å². The van der Waals surface area contributed by atoms with E-state index in [0.717, 1.165) is 0 Å². The Bertz CT molecular complexity index is 180. The summed E-state index contributed by atoms with van der Waals surface area (Å²) in [6.07, 6.45) is 1.89. The normalized spacial score (nSPS) is 11.4. The number of methoxy groups -OCH3 is 2. The van der Waals surface area contributed by atoms with Gasteiger partial charge in [0.1, 0.15) is 0 Å². The standard InChI is InChI=1S/C8H14O4.C2H5.Zn/c1-4-6(8(10)12-3)5-7(9)11-2;1-2;/h5-6,9H,4H2,1-3H3;1H2,2H3;/q;-1;/b7-5-;;/t6-;;/m1../s1. The van der Waals surface area contributed by atoms with E-state index in [0.29, 0.717) is 6.42 Å². The number of hydrogen-bond acceptors (Lipinski definition) is 4. The van der Waals surface area contributed by atoms with Crippen LogP contribution in [0.3, 0.4) is 0 Å². The van der Waals surface area contributed by atoms with E-state index in [1.54, 1.807) is 6.92 Å². The Labute approximate surface area is 104 Å². The largest absolute Gasteiger partial charge is 0.481 e. The summed E-state index contributed by atoms with van der Waals surface area (Å²) in [6.45, 7) is 6.82. The van der Waals surface area contributed by atoms with Crippen LogP contribution < -0.4 is 0 Å². The van der Waals surface area contributed by atoms with Crippen molar-refractivity contribution >= 4 is 5.97 Å². The summed E-state index contributed by atoms with van der Waals surface area (Å²) in [5.41, 5.74) is 0. The molecule has 0 unspecified atom stereocenters. The third kappa shape index (κ3) is 9.73. The van der Waals surface area contributed by atoms with Crippen LogP contribution in [0.15, 0.2) is 12.0 Å². The number of aliphatic hydroxyl groups excluding tert-OH is 1. The topological polar surface area (TPSA) is 55.8 Å². The number of ether oxygens (including phenoxy) is 2.